The summed E-state index contributed by atoms with van der Waals surface area (Å²) in [5.74, 6) is -0.980. The van der Waals surface area contributed by atoms with E-state index in [0.29, 0.717) is 24.5 Å². The molecule has 0 saturated carbocycles. The van der Waals surface area contributed by atoms with Crippen molar-refractivity contribution in [1.82, 2.24) is 19.7 Å². The molecular weight excluding hydrogens is 417 g/mol. The lowest BCUT2D eigenvalue weighted by Crippen LogP contribution is -2.40. The predicted molar refractivity (Wildman–Crippen MR) is 115 cm³/mol. The van der Waals surface area contributed by atoms with Gasteiger partial charge in [0.1, 0.15) is 11.4 Å². The highest BCUT2D eigenvalue weighted by molar-refractivity contribution is 7.11. The van der Waals surface area contributed by atoms with Gasteiger partial charge in [0, 0.05) is 42.6 Å². The van der Waals surface area contributed by atoms with Crippen LogP contribution in [0.3, 0.4) is 0 Å². The van der Waals surface area contributed by atoms with Crippen molar-refractivity contribution >= 4 is 28.7 Å². The van der Waals surface area contributed by atoms with Crippen molar-refractivity contribution in [3.8, 4) is 6.07 Å². The number of rotatable bonds is 6. The van der Waals surface area contributed by atoms with Gasteiger partial charge in [-0.15, -0.1) is 11.3 Å². The number of thiazole rings is 1. The fourth-order valence-electron chi connectivity index (χ4n) is 3.80. The van der Waals surface area contributed by atoms with Crippen molar-refractivity contribution in [1.29, 1.82) is 5.26 Å². The van der Waals surface area contributed by atoms with Crippen LogP contribution in [0.2, 0.25) is 0 Å². The Morgan fingerprint density at radius 2 is 2.19 bits per heavy atom. The molecule has 10 heteroatoms. The number of nitrogens with zero attached hydrogens (tertiary/aromatic N) is 5. The van der Waals surface area contributed by atoms with Crippen LogP contribution in [0.25, 0.3) is 0 Å². The number of hydrogen-bond acceptors (Lipinski definition) is 7. The molecule has 4 rings (SSSR count). The molecule has 1 fully saturated rings. The Kier molecular flexibility index (Phi) is 5.97. The Bertz CT molecular complexity index is 1120. The van der Waals surface area contributed by atoms with Crippen LogP contribution in [0.5, 0.6) is 0 Å². The summed E-state index contributed by atoms with van der Waals surface area (Å²) in [5.41, 5.74) is 6.35. The Labute approximate surface area is 183 Å². The minimum atomic E-state index is -0.623. The summed E-state index contributed by atoms with van der Waals surface area (Å²) in [4.78, 5) is 19.7. The molecule has 0 bridgehead atoms. The van der Waals surface area contributed by atoms with Crippen molar-refractivity contribution < 1.29 is 9.18 Å². The van der Waals surface area contributed by atoms with Crippen LogP contribution in [0.1, 0.15) is 32.7 Å². The number of nitrogens with two attached hydrogens (primary N) is 1. The second-order valence-corrected chi connectivity index (χ2v) is 8.86. The zero-order chi connectivity index (χ0) is 22.0. The van der Waals surface area contributed by atoms with Crippen LogP contribution in [0, 0.1) is 30.0 Å². The highest BCUT2D eigenvalue weighted by Crippen LogP contribution is 2.31. The summed E-state index contributed by atoms with van der Waals surface area (Å²) >= 11 is 1.66. The van der Waals surface area contributed by atoms with Crippen LogP contribution in [0.4, 0.5) is 15.9 Å². The van der Waals surface area contributed by atoms with E-state index >= 15 is 0 Å². The fraction of sp³-hybridized carbons (Fsp3) is 0.333. The second-order valence-electron chi connectivity index (χ2n) is 7.54. The van der Waals surface area contributed by atoms with E-state index in [2.05, 4.69) is 26.4 Å². The molecule has 0 aliphatic carbocycles. The van der Waals surface area contributed by atoms with E-state index in [-0.39, 0.29) is 23.3 Å². The normalized spacial score (nSPS) is 19.1. The summed E-state index contributed by atoms with van der Waals surface area (Å²) in [6, 6.07) is 7.95. The number of nitriles is 1. The van der Waals surface area contributed by atoms with Crippen LogP contribution in [0.15, 0.2) is 36.7 Å². The van der Waals surface area contributed by atoms with Gasteiger partial charge in [-0.2, -0.15) is 10.4 Å². The van der Waals surface area contributed by atoms with E-state index < -0.39 is 5.91 Å². The van der Waals surface area contributed by atoms with Gasteiger partial charge in [-0.3, -0.25) is 14.4 Å². The maximum absolute atomic E-state index is 13.2. The van der Waals surface area contributed by atoms with Gasteiger partial charge >= 0.3 is 0 Å². The molecule has 1 saturated heterocycles. The van der Waals surface area contributed by atoms with Gasteiger partial charge in [-0.05, 0) is 37.6 Å². The third-order valence-electron chi connectivity index (χ3n) is 5.32. The molecule has 160 valence electrons. The monoisotopic (exact) mass is 439 g/mol. The smallest absolute Gasteiger partial charge is 0.254 e. The maximum Gasteiger partial charge on any atom is 0.254 e. The number of halogens is 1. The third kappa shape index (κ3) is 4.73. The predicted octanol–water partition coefficient (Wildman–Crippen LogP) is 3.22. The zero-order valence-corrected chi connectivity index (χ0v) is 17.8. The third-order valence-corrected chi connectivity index (χ3v) is 6.22. The first kappa shape index (κ1) is 21.0. The molecule has 1 aromatic carbocycles. The van der Waals surface area contributed by atoms with Crippen molar-refractivity contribution in [3.63, 3.8) is 0 Å². The number of nitrogens with one attached hydrogen (secondary N) is 1. The fourth-order valence-corrected chi connectivity index (χ4v) is 4.63. The molecule has 2 unspecified atom stereocenters. The van der Waals surface area contributed by atoms with Crippen molar-refractivity contribution in [2.75, 3.05) is 18.4 Å². The largest absolute Gasteiger partial charge is 0.365 e. The molecule has 0 radical (unpaired) electrons. The average Bonchev–Trinajstić information content (AvgIpc) is 3.35. The summed E-state index contributed by atoms with van der Waals surface area (Å²) < 4.78 is 14.8. The van der Waals surface area contributed by atoms with Gasteiger partial charge < -0.3 is 11.1 Å². The topological polar surface area (TPSA) is 113 Å². The summed E-state index contributed by atoms with van der Waals surface area (Å²) in [5, 5.41) is 18.3. The first-order chi connectivity index (χ1) is 14.9. The van der Waals surface area contributed by atoms with Gasteiger partial charge in [0.05, 0.1) is 23.0 Å². The second kappa shape index (κ2) is 8.83. The number of benzene rings is 1. The summed E-state index contributed by atoms with van der Waals surface area (Å²) in [6.07, 6.45) is 4.19. The first-order valence-electron chi connectivity index (χ1n) is 9.87. The average molecular weight is 440 g/mol. The van der Waals surface area contributed by atoms with E-state index in [4.69, 9.17) is 5.73 Å². The van der Waals surface area contributed by atoms with Crippen LogP contribution >= 0.6 is 11.3 Å². The molecule has 31 heavy (non-hydrogen) atoms. The standard InChI is InChI=1S/C21H22FN7OS/c1-13-25-9-17(31-13)11-28-7-6-19(14(8-23)10-28)29-12-18(20(24)30)21(27-29)26-16-4-2-15(22)3-5-16/h2-5,9,12,14,19H,6-7,10-11H2,1H3,(H2,24,30)(H,26,27). The lowest BCUT2D eigenvalue weighted by molar-refractivity contribution is 0.100. The van der Waals surface area contributed by atoms with Gasteiger partial charge in [-0.1, -0.05) is 0 Å². The number of carbonyl (C=O) groups excluding carboxylic acids is 1. The van der Waals surface area contributed by atoms with Crippen LogP contribution in [-0.2, 0) is 6.54 Å². The number of amides is 1. The van der Waals surface area contributed by atoms with E-state index in [1.807, 2.05) is 13.1 Å². The van der Waals surface area contributed by atoms with E-state index in [1.165, 1.54) is 17.0 Å². The molecule has 3 N–H and O–H groups in total. The first-order valence-corrected chi connectivity index (χ1v) is 10.7. The highest BCUT2D eigenvalue weighted by atomic mass is 32.1. The molecule has 3 aromatic rings. The van der Waals surface area contributed by atoms with E-state index in [1.54, 1.807) is 34.3 Å². The summed E-state index contributed by atoms with van der Waals surface area (Å²) in [7, 11) is 0. The molecule has 1 aliphatic heterocycles. The lowest BCUT2D eigenvalue weighted by atomic mass is 9.93. The van der Waals surface area contributed by atoms with Crippen LogP contribution in [-0.4, -0.2) is 38.7 Å². The molecule has 2 atom stereocenters. The van der Waals surface area contributed by atoms with E-state index in [0.717, 1.165) is 18.1 Å². The van der Waals surface area contributed by atoms with Gasteiger partial charge in [0.25, 0.3) is 5.91 Å². The number of anilines is 2. The van der Waals surface area contributed by atoms with Gasteiger partial charge in [0.15, 0.2) is 5.82 Å². The Hall–Kier alpha value is -3.29. The SMILES string of the molecule is Cc1ncc(CN2CCC(n3cc(C(N)=O)c(Nc4ccc(F)cc4)n3)C(C#N)C2)s1. The maximum atomic E-state index is 13.2. The van der Waals surface area contributed by atoms with Crippen LogP contribution < -0.4 is 11.1 Å². The Morgan fingerprint density at radius 1 is 1.42 bits per heavy atom. The van der Waals surface area contributed by atoms with Crippen molar-refractivity contribution in [2.24, 2.45) is 11.7 Å². The van der Waals surface area contributed by atoms with Gasteiger partial charge in [-0.25, -0.2) is 9.37 Å². The highest BCUT2D eigenvalue weighted by Gasteiger charge is 2.32. The number of aromatic nitrogens is 3. The lowest BCUT2D eigenvalue weighted by Gasteiger charge is -2.35. The zero-order valence-electron chi connectivity index (χ0n) is 17.0. The molecule has 8 nitrogen and oxygen atoms in total. The quantitative estimate of drug-likeness (QED) is 0.610. The van der Waals surface area contributed by atoms with Gasteiger partial charge in [0.2, 0.25) is 0 Å². The Balaban J connectivity index is 1.52. The molecule has 1 amide bonds. The summed E-state index contributed by atoms with van der Waals surface area (Å²) in [6.45, 7) is 4.14. The van der Waals surface area contributed by atoms with E-state index in [9.17, 15) is 14.4 Å². The number of carbonyl (C=O) groups is 1. The number of hydrogen-bond donors (Lipinski definition) is 2. The molecule has 1 aliphatic rings. The Morgan fingerprint density at radius 3 is 2.84 bits per heavy atom. The molecule has 3 heterocycles. The molecule has 0 spiro atoms. The number of likely N-dealkylation sites (tertiary alicyclic amines) is 1. The minimum absolute atomic E-state index is 0.175. The minimum Gasteiger partial charge on any atom is -0.365 e. The number of piperidine rings is 1. The van der Waals surface area contributed by atoms with Crippen molar-refractivity contribution in [3.05, 3.63) is 57.9 Å². The molecule has 2 aromatic heterocycles. The number of aryl methyl sites for hydroxylation is 1. The van der Waals surface area contributed by atoms with Crippen molar-refractivity contribution in [2.45, 2.75) is 25.9 Å². The molecular formula is C21H22FN7OS. The number of primary amides is 1.